The van der Waals surface area contributed by atoms with Gasteiger partial charge >= 0.3 is 0 Å². The quantitative estimate of drug-likeness (QED) is 0.861. The molecular formula is C10H11N3OS. The number of nitrogens with two attached hydrogens (primary N) is 1. The summed E-state index contributed by atoms with van der Waals surface area (Å²) in [6.07, 6.45) is 1.57. The number of thiazole rings is 1. The molecule has 0 aliphatic carbocycles. The Morgan fingerprint density at radius 1 is 1.47 bits per heavy atom. The lowest BCUT2D eigenvalue weighted by atomic mass is 10.4. The van der Waals surface area contributed by atoms with Crippen molar-refractivity contribution in [3.8, 4) is 5.88 Å². The summed E-state index contributed by atoms with van der Waals surface area (Å²) < 4.78 is 5.44. The first-order valence-electron chi connectivity index (χ1n) is 4.49. The van der Waals surface area contributed by atoms with Gasteiger partial charge in [0.25, 0.3) is 0 Å². The van der Waals surface area contributed by atoms with Crippen molar-refractivity contribution in [1.82, 2.24) is 9.97 Å². The summed E-state index contributed by atoms with van der Waals surface area (Å²) in [6.45, 7) is 2.41. The van der Waals surface area contributed by atoms with E-state index in [4.69, 9.17) is 10.5 Å². The number of nitrogen functional groups attached to an aromatic ring is 1. The second-order valence-electron chi connectivity index (χ2n) is 3.10. The zero-order chi connectivity index (χ0) is 10.7. The van der Waals surface area contributed by atoms with E-state index >= 15 is 0 Å². The number of pyridine rings is 1. The zero-order valence-corrected chi connectivity index (χ0v) is 9.12. The van der Waals surface area contributed by atoms with Crippen molar-refractivity contribution in [2.45, 2.75) is 13.5 Å². The molecule has 0 amide bonds. The first-order valence-corrected chi connectivity index (χ1v) is 5.37. The van der Waals surface area contributed by atoms with Gasteiger partial charge in [-0.3, -0.25) is 0 Å². The summed E-state index contributed by atoms with van der Waals surface area (Å²) in [5.41, 5.74) is 7.16. The number of aryl methyl sites for hydroxylation is 1. The summed E-state index contributed by atoms with van der Waals surface area (Å²) in [7, 11) is 0. The Labute approximate surface area is 91.8 Å². The highest BCUT2D eigenvalue weighted by atomic mass is 32.1. The molecule has 78 valence electrons. The maximum atomic E-state index is 5.51. The number of hydrogen-bond acceptors (Lipinski definition) is 5. The molecule has 0 aromatic carbocycles. The second kappa shape index (κ2) is 4.27. The molecule has 0 saturated carbocycles. The van der Waals surface area contributed by atoms with E-state index in [0.717, 1.165) is 10.7 Å². The molecule has 0 saturated heterocycles. The van der Waals surface area contributed by atoms with Crippen LogP contribution in [-0.2, 0) is 6.61 Å². The average molecular weight is 221 g/mol. The van der Waals surface area contributed by atoms with Gasteiger partial charge in [-0.2, -0.15) is 0 Å². The summed E-state index contributed by atoms with van der Waals surface area (Å²) in [5.74, 6) is 0.567. The lowest BCUT2D eigenvalue weighted by Gasteiger charge is -2.02. The molecule has 15 heavy (non-hydrogen) atoms. The fourth-order valence-electron chi connectivity index (χ4n) is 1.08. The van der Waals surface area contributed by atoms with Crippen LogP contribution >= 0.6 is 11.3 Å². The molecule has 0 aliphatic rings. The molecule has 0 atom stereocenters. The first-order chi connectivity index (χ1) is 7.24. The van der Waals surface area contributed by atoms with Crippen LogP contribution in [0, 0.1) is 6.92 Å². The van der Waals surface area contributed by atoms with E-state index in [1.165, 1.54) is 0 Å². The summed E-state index contributed by atoms with van der Waals surface area (Å²) >= 11 is 1.58. The molecule has 5 heteroatoms. The van der Waals surface area contributed by atoms with E-state index in [1.807, 2.05) is 12.3 Å². The molecular weight excluding hydrogens is 210 g/mol. The van der Waals surface area contributed by atoms with Gasteiger partial charge in [-0.15, -0.1) is 11.3 Å². The Balaban J connectivity index is 1.96. The third-order valence-corrected chi connectivity index (χ3v) is 2.71. The van der Waals surface area contributed by atoms with Gasteiger partial charge in [0.1, 0.15) is 11.6 Å². The van der Waals surface area contributed by atoms with Crippen molar-refractivity contribution < 1.29 is 4.74 Å². The molecule has 2 heterocycles. The summed E-state index contributed by atoms with van der Waals surface area (Å²) in [5, 5.41) is 2.95. The molecule has 2 aromatic rings. The predicted molar refractivity (Wildman–Crippen MR) is 59.8 cm³/mol. The molecule has 0 spiro atoms. The van der Waals surface area contributed by atoms with E-state index < -0.39 is 0 Å². The number of aromatic nitrogens is 2. The molecule has 0 bridgehead atoms. The third-order valence-electron chi connectivity index (χ3n) is 1.77. The highest BCUT2D eigenvalue weighted by Crippen LogP contribution is 2.13. The fourth-order valence-corrected chi connectivity index (χ4v) is 1.76. The van der Waals surface area contributed by atoms with Crippen LogP contribution in [0.15, 0.2) is 23.7 Å². The number of anilines is 1. The van der Waals surface area contributed by atoms with Crippen LogP contribution < -0.4 is 10.5 Å². The molecule has 0 radical (unpaired) electrons. The van der Waals surface area contributed by atoms with Crippen molar-refractivity contribution in [1.29, 1.82) is 0 Å². The van der Waals surface area contributed by atoms with E-state index in [-0.39, 0.29) is 0 Å². The fraction of sp³-hybridized carbons (Fsp3) is 0.200. The largest absolute Gasteiger partial charge is 0.470 e. The first kappa shape index (κ1) is 9.92. The van der Waals surface area contributed by atoms with Crippen LogP contribution in [0.1, 0.15) is 10.7 Å². The highest BCUT2D eigenvalue weighted by molar-refractivity contribution is 7.09. The molecule has 0 fully saturated rings. The molecule has 2 N–H and O–H groups in total. The van der Waals surface area contributed by atoms with E-state index in [9.17, 15) is 0 Å². The molecule has 2 aromatic heterocycles. The normalized spacial score (nSPS) is 10.2. The minimum Gasteiger partial charge on any atom is -0.470 e. The number of rotatable bonds is 3. The maximum absolute atomic E-state index is 5.51. The van der Waals surface area contributed by atoms with Gasteiger partial charge in [0.05, 0.1) is 11.9 Å². The van der Waals surface area contributed by atoms with Crippen molar-refractivity contribution >= 4 is 17.0 Å². The highest BCUT2D eigenvalue weighted by Gasteiger charge is 2.00. The Morgan fingerprint density at radius 2 is 2.33 bits per heavy atom. The zero-order valence-electron chi connectivity index (χ0n) is 8.30. The van der Waals surface area contributed by atoms with Crippen LogP contribution in [-0.4, -0.2) is 9.97 Å². The van der Waals surface area contributed by atoms with Gasteiger partial charge in [-0.25, -0.2) is 9.97 Å². The smallest absolute Gasteiger partial charge is 0.213 e. The third kappa shape index (κ3) is 2.66. The van der Waals surface area contributed by atoms with Gasteiger partial charge in [-0.1, -0.05) is 0 Å². The molecule has 0 unspecified atom stereocenters. The lowest BCUT2D eigenvalue weighted by molar-refractivity contribution is 0.293. The van der Waals surface area contributed by atoms with Gasteiger partial charge in [0.2, 0.25) is 5.88 Å². The van der Waals surface area contributed by atoms with E-state index in [0.29, 0.717) is 18.2 Å². The minimum absolute atomic E-state index is 0.454. The summed E-state index contributed by atoms with van der Waals surface area (Å²) in [6, 6.07) is 3.51. The van der Waals surface area contributed by atoms with Crippen LogP contribution in [0.2, 0.25) is 0 Å². The predicted octanol–water partition coefficient (Wildman–Crippen LogP) is 2.01. The van der Waals surface area contributed by atoms with Gasteiger partial charge < -0.3 is 10.5 Å². The standard InChI is InChI=1S/C10H11N3OS/c1-7-6-15-10(13-7)5-14-9-3-2-8(11)4-12-9/h2-4,6H,5,11H2,1H3. The lowest BCUT2D eigenvalue weighted by Crippen LogP contribution is -1.97. The minimum atomic E-state index is 0.454. The maximum Gasteiger partial charge on any atom is 0.213 e. The average Bonchev–Trinajstić information content (AvgIpc) is 2.64. The molecule has 4 nitrogen and oxygen atoms in total. The van der Waals surface area contributed by atoms with Crippen molar-refractivity contribution in [2.24, 2.45) is 0 Å². The molecule has 2 rings (SSSR count). The number of ether oxygens (including phenoxy) is 1. The van der Waals surface area contributed by atoms with Crippen molar-refractivity contribution in [3.63, 3.8) is 0 Å². The number of hydrogen-bond donors (Lipinski definition) is 1. The Hall–Kier alpha value is -1.62. The van der Waals surface area contributed by atoms with E-state index in [1.54, 1.807) is 29.7 Å². The monoisotopic (exact) mass is 221 g/mol. The number of nitrogens with zero attached hydrogens (tertiary/aromatic N) is 2. The van der Waals surface area contributed by atoms with Gasteiger partial charge in [0.15, 0.2) is 0 Å². The van der Waals surface area contributed by atoms with Crippen LogP contribution in [0.3, 0.4) is 0 Å². The second-order valence-corrected chi connectivity index (χ2v) is 4.04. The van der Waals surface area contributed by atoms with Crippen LogP contribution in [0.25, 0.3) is 0 Å². The Kier molecular flexibility index (Phi) is 2.82. The van der Waals surface area contributed by atoms with Gasteiger partial charge in [-0.05, 0) is 13.0 Å². The van der Waals surface area contributed by atoms with Gasteiger partial charge in [0, 0.05) is 17.1 Å². The Morgan fingerprint density at radius 3 is 2.93 bits per heavy atom. The molecule has 0 aliphatic heterocycles. The van der Waals surface area contributed by atoms with Crippen molar-refractivity contribution in [3.05, 3.63) is 34.4 Å². The van der Waals surface area contributed by atoms with Crippen LogP contribution in [0.4, 0.5) is 5.69 Å². The topological polar surface area (TPSA) is 61.0 Å². The van der Waals surface area contributed by atoms with Crippen LogP contribution in [0.5, 0.6) is 5.88 Å². The van der Waals surface area contributed by atoms with E-state index in [2.05, 4.69) is 9.97 Å². The SMILES string of the molecule is Cc1csc(COc2ccc(N)cn2)n1. The Bertz CT molecular complexity index is 438. The summed E-state index contributed by atoms with van der Waals surface area (Å²) in [4.78, 5) is 8.31. The van der Waals surface area contributed by atoms with Crippen molar-refractivity contribution in [2.75, 3.05) is 5.73 Å².